The van der Waals surface area contributed by atoms with Gasteiger partial charge in [-0.2, -0.15) is 0 Å². The molecule has 0 aliphatic carbocycles. The monoisotopic (exact) mass is 310 g/mol. The number of hydrogen-bond donors (Lipinski definition) is 1. The number of imidazole rings is 1. The number of fused-ring (bicyclic) bond motifs is 1. The molecule has 0 saturated heterocycles. The lowest BCUT2D eigenvalue weighted by Gasteiger charge is -2.08. The van der Waals surface area contributed by atoms with Gasteiger partial charge >= 0.3 is 5.69 Å². The van der Waals surface area contributed by atoms with Gasteiger partial charge in [0.05, 0.1) is 0 Å². The number of aromatic nitrogens is 4. The Hall–Kier alpha value is -1.50. The van der Waals surface area contributed by atoms with Gasteiger partial charge in [0, 0.05) is 19.3 Å². The summed E-state index contributed by atoms with van der Waals surface area (Å²) in [6.45, 7) is 7.15. The Bertz CT molecular complexity index is 742. The van der Waals surface area contributed by atoms with Crippen molar-refractivity contribution in [3.05, 3.63) is 20.8 Å². The van der Waals surface area contributed by atoms with Crippen LogP contribution in [0.3, 0.4) is 0 Å². The molecule has 6 nitrogen and oxygen atoms in total. The van der Waals surface area contributed by atoms with Crippen LogP contribution in [0.1, 0.15) is 33.6 Å². The predicted molar refractivity (Wildman–Crippen MR) is 86.1 cm³/mol. The molecule has 21 heavy (non-hydrogen) atoms. The summed E-state index contributed by atoms with van der Waals surface area (Å²) in [5.41, 5.74) is 0.184. The van der Waals surface area contributed by atoms with E-state index in [2.05, 4.69) is 30.7 Å². The van der Waals surface area contributed by atoms with Crippen LogP contribution in [0.4, 0.5) is 0 Å². The minimum absolute atomic E-state index is 0.354. The summed E-state index contributed by atoms with van der Waals surface area (Å²) in [5, 5.41) is 0.818. The van der Waals surface area contributed by atoms with Gasteiger partial charge in [0.25, 0.3) is 5.56 Å². The van der Waals surface area contributed by atoms with Crippen molar-refractivity contribution in [2.75, 3.05) is 5.75 Å². The number of aryl methyl sites for hydroxylation is 2. The molecule has 7 heteroatoms. The largest absolute Gasteiger partial charge is 0.329 e. The molecule has 0 aromatic carbocycles. The van der Waals surface area contributed by atoms with E-state index >= 15 is 0 Å². The van der Waals surface area contributed by atoms with Gasteiger partial charge in [0.1, 0.15) is 0 Å². The molecular weight excluding hydrogens is 288 g/mol. The number of H-pyrrole nitrogens is 1. The molecule has 0 radical (unpaired) electrons. The summed E-state index contributed by atoms with van der Waals surface area (Å²) in [6.07, 6.45) is 2.01. The zero-order valence-corrected chi connectivity index (χ0v) is 13.8. The smallest absolute Gasteiger partial charge is 0.313 e. The summed E-state index contributed by atoms with van der Waals surface area (Å²) in [4.78, 5) is 30.7. The Balaban J connectivity index is 2.61. The lowest BCUT2D eigenvalue weighted by atomic mass is 10.3. The van der Waals surface area contributed by atoms with Gasteiger partial charge in [-0.1, -0.05) is 39.0 Å². The summed E-state index contributed by atoms with van der Waals surface area (Å²) in [6, 6.07) is 0. The Morgan fingerprint density at radius 2 is 2.05 bits per heavy atom. The van der Waals surface area contributed by atoms with Crippen LogP contribution >= 0.6 is 11.8 Å². The molecule has 0 spiro atoms. The summed E-state index contributed by atoms with van der Waals surface area (Å²) >= 11 is 1.64. The first-order valence-corrected chi connectivity index (χ1v) is 8.26. The highest BCUT2D eigenvalue weighted by atomic mass is 32.2. The molecule has 0 amide bonds. The zero-order chi connectivity index (χ0) is 15.6. The average molecular weight is 310 g/mol. The van der Waals surface area contributed by atoms with Gasteiger partial charge in [0.15, 0.2) is 16.3 Å². The highest BCUT2D eigenvalue weighted by Crippen LogP contribution is 2.23. The van der Waals surface area contributed by atoms with Crippen LogP contribution in [0.5, 0.6) is 0 Å². The summed E-state index contributed by atoms with van der Waals surface area (Å²) in [7, 11) is 1.63. The first kappa shape index (κ1) is 15.9. The Morgan fingerprint density at radius 1 is 1.33 bits per heavy atom. The molecule has 0 aliphatic heterocycles. The van der Waals surface area contributed by atoms with E-state index in [1.165, 1.54) is 4.57 Å². The minimum Gasteiger partial charge on any atom is -0.313 e. The predicted octanol–water partition coefficient (Wildman–Crippen LogP) is 1.97. The van der Waals surface area contributed by atoms with E-state index in [0.29, 0.717) is 17.1 Å². The maximum Gasteiger partial charge on any atom is 0.329 e. The quantitative estimate of drug-likeness (QED) is 0.828. The SMILES string of the molecule is CCCCn1c(SCC(C)C)nc2c1c(=O)[nH]c(=O)n2C. The van der Waals surface area contributed by atoms with E-state index in [1.54, 1.807) is 18.8 Å². The number of thioether (sulfide) groups is 1. The third-order valence-electron chi connectivity index (χ3n) is 3.25. The molecule has 0 atom stereocenters. The molecule has 2 aromatic heterocycles. The van der Waals surface area contributed by atoms with E-state index < -0.39 is 5.69 Å². The van der Waals surface area contributed by atoms with Crippen molar-refractivity contribution in [3.8, 4) is 0 Å². The Labute approximate surface area is 127 Å². The molecule has 116 valence electrons. The van der Waals surface area contributed by atoms with E-state index in [-0.39, 0.29) is 5.56 Å². The highest BCUT2D eigenvalue weighted by Gasteiger charge is 2.17. The number of rotatable bonds is 6. The van der Waals surface area contributed by atoms with Crippen LogP contribution in [0.25, 0.3) is 11.2 Å². The van der Waals surface area contributed by atoms with Crippen LogP contribution in [0, 0.1) is 5.92 Å². The van der Waals surface area contributed by atoms with Crippen LogP contribution in [-0.4, -0.2) is 24.9 Å². The first-order valence-electron chi connectivity index (χ1n) is 7.28. The molecule has 0 aliphatic rings. The van der Waals surface area contributed by atoms with Crippen molar-refractivity contribution in [2.45, 2.75) is 45.3 Å². The molecule has 0 fully saturated rings. The Morgan fingerprint density at radius 3 is 2.67 bits per heavy atom. The molecule has 0 unspecified atom stereocenters. The maximum atomic E-state index is 12.1. The van der Waals surface area contributed by atoms with Crippen LogP contribution in [-0.2, 0) is 13.6 Å². The number of nitrogens with zero attached hydrogens (tertiary/aromatic N) is 3. The fourth-order valence-corrected chi connectivity index (χ4v) is 3.06. The second kappa shape index (κ2) is 6.51. The number of aromatic amines is 1. The van der Waals surface area contributed by atoms with Crippen molar-refractivity contribution >= 4 is 22.9 Å². The zero-order valence-electron chi connectivity index (χ0n) is 13.0. The number of hydrogen-bond acceptors (Lipinski definition) is 4. The van der Waals surface area contributed by atoms with Crippen molar-refractivity contribution < 1.29 is 0 Å². The number of nitrogens with one attached hydrogen (secondary N) is 1. The van der Waals surface area contributed by atoms with E-state index in [9.17, 15) is 9.59 Å². The van der Waals surface area contributed by atoms with Gasteiger partial charge in [-0.15, -0.1) is 0 Å². The van der Waals surface area contributed by atoms with Crippen molar-refractivity contribution in [2.24, 2.45) is 13.0 Å². The lowest BCUT2D eigenvalue weighted by molar-refractivity contribution is 0.599. The molecule has 0 saturated carbocycles. The lowest BCUT2D eigenvalue weighted by Crippen LogP contribution is -2.29. The van der Waals surface area contributed by atoms with Gasteiger partial charge in [0.2, 0.25) is 0 Å². The van der Waals surface area contributed by atoms with E-state index in [0.717, 1.165) is 30.3 Å². The second-order valence-electron chi connectivity index (χ2n) is 5.59. The average Bonchev–Trinajstić information content (AvgIpc) is 2.79. The van der Waals surface area contributed by atoms with E-state index in [1.807, 2.05) is 4.57 Å². The van der Waals surface area contributed by atoms with E-state index in [4.69, 9.17) is 0 Å². The van der Waals surface area contributed by atoms with Crippen molar-refractivity contribution in [1.29, 1.82) is 0 Å². The summed E-state index contributed by atoms with van der Waals surface area (Å²) < 4.78 is 3.35. The van der Waals surface area contributed by atoms with Gasteiger partial charge in [-0.05, 0) is 12.3 Å². The molecule has 0 bridgehead atoms. The molecular formula is C14H22N4O2S. The standard InChI is InChI=1S/C14H22N4O2S/c1-5-6-7-18-10-11(15-14(18)21-8-9(2)3)17(4)13(20)16-12(10)19/h9H,5-8H2,1-4H3,(H,16,19,20). The van der Waals surface area contributed by atoms with Crippen LogP contribution in [0.15, 0.2) is 14.7 Å². The fourth-order valence-electron chi connectivity index (χ4n) is 2.09. The maximum absolute atomic E-state index is 12.1. The normalized spacial score (nSPS) is 11.7. The topological polar surface area (TPSA) is 72.7 Å². The van der Waals surface area contributed by atoms with Crippen LogP contribution in [0.2, 0.25) is 0 Å². The van der Waals surface area contributed by atoms with Crippen molar-refractivity contribution in [1.82, 2.24) is 19.1 Å². The molecule has 2 aromatic rings. The van der Waals surface area contributed by atoms with Gasteiger partial charge in [-0.25, -0.2) is 9.78 Å². The Kier molecular flexibility index (Phi) is 4.92. The third kappa shape index (κ3) is 3.23. The minimum atomic E-state index is -0.423. The number of unbranched alkanes of at least 4 members (excludes halogenated alkanes) is 1. The highest BCUT2D eigenvalue weighted by molar-refractivity contribution is 7.99. The van der Waals surface area contributed by atoms with Gasteiger partial charge < -0.3 is 4.57 Å². The molecule has 2 heterocycles. The van der Waals surface area contributed by atoms with Gasteiger partial charge in [-0.3, -0.25) is 14.3 Å². The second-order valence-corrected chi connectivity index (χ2v) is 6.58. The summed E-state index contributed by atoms with van der Waals surface area (Å²) in [5.74, 6) is 1.47. The third-order valence-corrected chi connectivity index (χ3v) is 4.66. The first-order chi connectivity index (χ1) is 9.95. The fraction of sp³-hybridized carbons (Fsp3) is 0.643. The molecule has 1 N–H and O–H groups in total. The van der Waals surface area contributed by atoms with Crippen LogP contribution < -0.4 is 11.2 Å². The van der Waals surface area contributed by atoms with Crippen molar-refractivity contribution in [3.63, 3.8) is 0 Å². The molecule has 2 rings (SSSR count).